The van der Waals surface area contributed by atoms with Gasteiger partial charge in [-0.15, -0.1) is 0 Å². The van der Waals surface area contributed by atoms with Gasteiger partial charge in [-0.25, -0.2) is 4.98 Å². The molecular formula is C18H19N5O4. The lowest BCUT2D eigenvalue weighted by Gasteiger charge is -2.36. The molecule has 9 heteroatoms. The minimum absolute atomic E-state index is 0.109. The average molecular weight is 369 g/mol. The summed E-state index contributed by atoms with van der Waals surface area (Å²) in [5, 5.41) is 11.0. The van der Waals surface area contributed by atoms with Gasteiger partial charge in [-0.1, -0.05) is 6.07 Å². The van der Waals surface area contributed by atoms with Gasteiger partial charge >= 0.3 is 0 Å². The maximum atomic E-state index is 12.8. The molecule has 0 unspecified atom stereocenters. The van der Waals surface area contributed by atoms with Crippen molar-refractivity contribution in [1.29, 1.82) is 0 Å². The Bertz CT molecular complexity index is 906. The Morgan fingerprint density at radius 2 is 1.85 bits per heavy atom. The first-order valence-electron chi connectivity index (χ1n) is 8.42. The smallest absolute Gasteiger partial charge is 0.270 e. The van der Waals surface area contributed by atoms with E-state index < -0.39 is 10.8 Å². The average Bonchev–Trinajstić information content (AvgIpc) is 2.67. The van der Waals surface area contributed by atoms with Gasteiger partial charge < -0.3 is 15.5 Å². The molecule has 2 N–H and O–H groups in total. The number of nitro benzene ring substituents is 1. The number of nitro groups is 1. The topological polar surface area (TPSA) is 123 Å². The number of rotatable bonds is 4. The zero-order valence-corrected chi connectivity index (χ0v) is 14.8. The number of amides is 2. The number of hydrogen-bond donors (Lipinski definition) is 1. The van der Waals surface area contributed by atoms with E-state index in [4.69, 9.17) is 5.73 Å². The van der Waals surface area contributed by atoms with Crippen LogP contribution in [0.5, 0.6) is 0 Å². The summed E-state index contributed by atoms with van der Waals surface area (Å²) in [6, 6.07) is 7.54. The quantitative estimate of drug-likeness (QED) is 0.641. The molecule has 2 aromatic rings. The van der Waals surface area contributed by atoms with Gasteiger partial charge in [0.25, 0.3) is 17.5 Å². The van der Waals surface area contributed by atoms with E-state index in [1.807, 2.05) is 4.90 Å². The van der Waals surface area contributed by atoms with Crippen LogP contribution in [0.4, 0.5) is 11.5 Å². The van der Waals surface area contributed by atoms with Crippen LogP contribution in [0.3, 0.4) is 0 Å². The number of piperazine rings is 1. The third kappa shape index (κ3) is 3.71. The maximum absolute atomic E-state index is 12.8. The van der Waals surface area contributed by atoms with Gasteiger partial charge in [-0.3, -0.25) is 19.7 Å². The van der Waals surface area contributed by atoms with Crippen molar-refractivity contribution in [3.05, 3.63) is 63.3 Å². The highest BCUT2D eigenvalue weighted by Crippen LogP contribution is 2.22. The highest BCUT2D eigenvalue weighted by molar-refractivity contribution is 5.98. The SMILES string of the molecule is Cc1ccc([N+](=O)[O-])cc1C(=O)N1CCN(c2ncccc2C(N)=O)CC1. The van der Waals surface area contributed by atoms with E-state index in [1.165, 1.54) is 12.1 Å². The van der Waals surface area contributed by atoms with Crippen molar-refractivity contribution in [3.63, 3.8) is 0 Å². The molecule has 2 heterocycles. The molecule has 3 rings (SSSR count). The lowest BCUT2D eigenvalue weighted by molar-refractivity contribution is -0.384. The molecule has 0 bridgehead atoms. The van der Waals surface area contributed by atoms with Gasteiger partial charge in [0.1, 0.15) is 5.82 Å². The highest BCUT2D eigenvalue weighted by atomic mass is 16.6. The molecule has 140 valence electrons. The summed E-state index contributed by atoms with van der Waals surface area (Å²) >= 11 is 0. The summed E-state index contributed by atoms with van der Waals surface area (Å²) in [4.78, 5) is 42.7. The highest BCUT2D eigenvalue weighted by Gasteiger charge is 2.26. The Morgan fingerprint density at radius 3 is 2.48 bits per heavy atom. The number of nitrogens with two attached hydrogens (primary N) is 1. The van der Waals surface area contributed by atoms with E-state index in [9.17, 15) is 19.7 Å². The van der Waals surface area contributed by atoms with E-state index in [-0.39, 0.29) is 11.6 Å². The molecule has 1 aliphatic rings. The molecule has 1 saturated heterocycles. The molecule has 9 nitrogen and oxygen atoms in total. The second-order valence-corrected chi connectivity index (χ2v) is 6.27. The lowest BCUT2D eigenvalue weighted by Crippen LogP contribution is -2.49. The van der Waals surface area contributed by atoms with E-state index in [0.29, 0.717) is 48.7 Å². The Hall–Kier alpha value is -3.49. The van der Waals surface area contributed by atoms with E-state index >= 15 is 0 Å². The predicted molar refractivity (Wildman–Crippen MR) is 98.7 cm³/mol. The molecule has 1 aromatic carbocycles. The Kier molecular flexibility index (Phi) is 5.02. The van der Waals surface area contributed by atoms with Gasteiger partial charge in [0, 0.05) is 50.1 Å². The van der Waals surface area contributed by atoms with Crippen molar-refractivity contribution in [2.45, 2.75) is 6.92 Å². The molecule has 2 amide bonds. The summed E-state index contributed by atoms with van der Waals surface area (Å²) in [5.74, 6) is -0.292. The number of carbonyl (C=O) groups excluding carboxylic acids is 2. The normalized spacial score (nSPS) is 14.1. The Morgan fingerprint density at radius 1 is 1.15 bits per heavy atom. The van der Waals surface area contributed by atoms with Crippen LogP contribution >= 0.6 is 0 Å². The molecular weight excluding hydrogens is 350 g/mol. The third-order valence-corrected chi connectivity index (χ3v) is 4.58. The summed E-state index contributed by atoms with van der Waals surface area (Å²) in [5.41, 5.74) is 6.65. The second-order valence-electron chi connectivity index (χ2n) is 6.27. The minimum atomic E-state index is -0.552. The van der Waals surface area contributed by atoms with Crippen LogP contribution in [0, 0.1) is 17.0 Å². The Balaban J connectivity index is 1.75. The fourth-order valence-electron chi connectivity index (χ4n) is 3.09. The predicted octanol–water partition coefficient (Wildman–Crippen LogP) is 1.36. The van der Waals surface area contributed by atoms with Crippen LogP contribution in [-0.2, 0) is 0 Å². The van der Waals surface area contributed by atoms with Gasteiger partial charge in [-0.2, -0.15) is 0 Å². The van der Waals surface area contributed by atoms with Crippen molar-refractivity contribution in [2.24, 2.45) is 5.73 Å². The first-order chi connectivity index (χ1) is 12.9. The van der Waals surface area contributed by atoms with Crippen LogP contribution in [-0.4, -0.2) is 52.8 Å². The number of aromatic nitrogens is 1. The summed E-state index contributed by atoms with van der Waals surface area (Å²) in [6.07, 6.45) is 1.59. The lowest BCUT2D eigenvalue weighted by atomic mass is 10.1. The first-order valence-corrected chi connectivity index (χ1v) is 8.42. The molecule has 0 saturated carbocycles. The molecule has 0 atom stereocenters. The number of nitrogens with zero attached hydrogens (tertiary/aromatic N) is 4. The van der Waals surface area contributed by atoms with E-state index in [1.54, 1.807) is 36.2 Å². The maximum Gasteiger partial charge on any atom is 0.270 e. The monoisotopic (exact) mass is 369 g/mol. The zero-order chi connectivity index (χ0) is 19.6. The molecule has 1 aromatic heterocycles. The van der Waals surface area contributed by atoms with Crippen molar-refractivity contribution < 1.29 is 14.5 Å². The summed E-state index contributed by atoms with van der Waals surface area (Å²) < 4.78 is 0. The minimum Gasteiger partial charge on any atom is -0.365 e. The summed E-state index contributed by atoms with van der Waals surface area (Å²) in [7, 11) is 0. The molecule has 27 heavy (non-hydrogen) atoms. The summed E-state index contributed by atoms with van der Waals surface area (Å²) in [6.45, 7) is 3.54. The van der Waals surface area contributed by atoms with Crippen LogP contribution in [0.1, 0.15) is 26.3 Å². The standard InChI is InChI=1S/C18H19N5O4/c1-12-4-5-13(23(26)27)11-15(12)18(25)22-9-7-21(8-10-22)17-14(16(19)24)3-2-6-20-17/h2-6,11H,7-10H2,1H3,(H2,19,24). The first kappa shape index (κ1) is 18.3. The largest absolute Gasteiger partial charge is 0.365 e. The number of aryl methyl sites for hydroxylation is 1. The van der Waals surface area contributed by atoms with Crippen LogP contribution < -0.4 is 10.6 Å². The molecule has 0 aliphatic carbocycles. The number of benzene rings is 1. The number of carbonyl (C=O) groups is 2. The third-order valence-electron chi connectivity index (χ3n) is 4.58. The van der Waals surface area contributed by atoms with Crippen LogP contribution in [0.2, 0.25) is 0 Å². The fraction of sp³-hybridized carbons (Fsp3) is 0.278. The van der Waals surface area contributed by atoms with Crippen molar-refractivity contribution in [3.8, 4) is 0 Å². The molecule has 1 aliphatic heterocycles. The molecule has 0 spiro atoms. The molecule has 0 radical (unpaired) electrons. The number of non-ortho nitro benzene ring substituents is 1. The van der Waals surface area contributed by atoms with Crippen molar-refractivity contribution in [2.75, 3.05) is 31.1 Å². The van der Waals surface area contributed by atoms with Gasteiger partial charge in [0.2, 0.25) is 0 Å². The number of primary amides is 1. The molecule has 1 fully saturated rings. The fourth-order valence-corrected chi connectivity index (χ4v) is 3.09. The van der Waals surface area contributed by atoms with Crippen molar-refractivity contribution >= 4 is 23.3 Å². The number of anilines is 1. The van der Waals surface area contributed by atoms with E-state index in [0.717, 1.165) is 0 Å². The van der Waals surface area contributed by atoms with Crippen LogP contribution in [0.25, 0.3) is 0 Å². The zero-order valence-electron chi connectivity index (χ0n) is 14.8. The van der Waals surface area contributed by atoms with Crippen molar-refractivity contribution in [1.82, 2.24) is 9.88 Å². The Labute approximate surface area is 155 Å². The van der Waals surface area contributed by atoms with Crippen LogP contribution in [0.15, 0.2) is 36.5 Å². The van der Waals surface area contributed by atoms with E-state index in [2.05, 4.69) is 4.98 Å². The van der Waals surface area contributed by atoms with Gasteiger partial charge in [-0.05, 0) is 24.6 Å². The van der Waals surface area contributed by atoms with Gasteiger partial charge in [0.05, 0.1) is 10.5 Å². The number of pyridine rings is 1. The number of hydrogen-bond acceptors (Lipinski definition) is 6. The second kappa shape index (κ2) is 7.40. The van der Waals surface area contributed by atoms with Gasteiger partial charge in [0.15, 0.2) is 0 Å².